The molecule has 1 amide bonds. The van der Waals surface area contributed by atoms with Crippen LogP contribution in [0, 0.1) is 0 Å². The van der Waals surface area contributed by atoms with Crippen molar-refractivity contribution in [2.24, 2.45) is 0 Å². The molecule has 26 heavy (non-hydrogen) atoms. The Morgan fingerprint density at radius 3 is 2.54 bits per heavy atom. The van der Waals surface area contributed by atoms with Gasteiger partial charge in [0, 0.05) is 12.4 Å². The zero-order chi connectivity index (χ0) is 18.6. The highest BCUT2D eigenvalue weighted by Crippen LogP contribution is 2.25. The molecule has 1 heterocycles. The summed E-state index contributed by atoms with van der Waals surface area (Å²) >= 11 is 0. The summed E-state index contributed by atoms with van der Waals surface area (Å²) in [6.45, 7) is 3.59. The van der Waals surface area contributed by atoms with Crippen LogP contribution in [0.4, 0.5) is 0 Å². The van der Waals surface area contributed by atoms with Crippen LogP contribution in [0.25, 0.3) is 5.69 Å². The van der Waals surface area contributed by atoms with Gasteiger partial charge in [0.2, 0.25) is 5.91 Å². The zero-order valence-electron chi connectivity index (χ0n) is 15.0. The van der Waals surface area contributed by atoms with Gasteiger partial charge in [-0.2, -0.15) is 5.10 Å². The molecule has 0 aliphatic carbocycles. The summed E-state index contributed by atoms with van der Waals surface area (Å²) in [4.78, 5) is 12.5. The molecule has 2 N–H and O–H groups in total. The molecule has 0 bridgehead atoms. The largest absolute Gasteiger partial charge is 0.385 e. The zero-order valence-corrected chi connectivity index (χ0v) is 15.0. The topological polar surface area (TPSA) is 67.2 Å². The van der Waals surface area contributed by atoms with Gasteiger partial charge >= 0.3 is 0 Å². The van der Waals surface area contributed by atoms with E-state index in [1.54, 1.807) is 17.8 Å². The Bertz CT molecular complexity index is 858. The second-order valence-corrected chi connectivity index (χ2v) is 6.62. The minimum Gasteiger partial charge on any atom is -0.385 e. The van der Waals surface area contributed by atoms with E-state index in [9.17, 15) is 9.90 Å². The average molecular weight is 349 g/mol. The summed E-state index contributed by atoms with van der Waals surface area (Å²) in [5.41, 5.74) is 1.39. The number of hydrogen-bond donors (Lipinski definition) is 2. The molecule has 3 aromatic rings. The number of carbonyl (C=O) groups excluding carboxylic acids is 1. The molecule has 134 valence electrons. The number of benzene rings is 2. The Morgan fingerprint density at radius 1 is 1.15 bits per heavy atom. The fraction of sp³-hybridized carbons (Fsp3) is 0.238. The molecule has 5 nitrogen and oxygen atoms in total. The highest BCUT2D eigenvalue weighted by molar-refractivity contribution is 5.78. The summed E-state index contributed by atoms with van der Waals surface area (Å²) in [5, 5.41) is 17.9. The van der Waals surface area contributed by atoms with Crippen LogP contribution >= 0.6 is 0 Å². The minimum atomic E-state index is -1.22. The first kappa shape index (κ1) is 17.9. The van der Waals surface area contributed by atoms with Gasteiger partial charge in [-0.15, -0.1) is 0 Å². The first-order valence-electron chi connectivity index (χ1n) is 8.63. The number of nitrogens with one attached hydrogen (secondary N) is 1. The molecular weight excluding hydrogens is 326 g/mol. The van der Waals surface area contributed by atoms with Crippen molar-refractivity contribution in [3.8, 4) is 5.69 Å². The molecule has 0 radical (unpaired) electrons. The third kappa shape index (κ3) is 4.00. The van der Waals surface area contributed by atoms with E-state index in [4.69, 9.17) is 0 Å². The Kier molecular flexibility index (Phi) is 5.19. The van der Waals surface area contributed by atoms with Gasteiger partial charge in [0.25, 0.3) is 0 Å². The van der Waals surface area contributed by atoms with E-state index >= 15 is 0 Å². The van der Waals surface area contributed by atoms with Gasteiger partial charge in [0.1, 0.15) is 0 Å². The fourth-order valence-electron chi connectivity index (χ4n) is 3.06. The molecule has 2 aromatic carbocycles. The van der Waals surface area contributed by atoms with E-state index < -0.39 is 5.60 Å². The van der Waals surface area contributed by atoms with Crippen LogP contribution in [0.5, 0.6) is 0 Å². The van der Waals surface area contributed by atoms with E-state index in [0.717, 1.165) is 16.8 Å². The van der Waals surface area contributed by atoms with Crippen LogP contribution in [0.2, 0.25) is 0 Å². The normalized spacial score (nSPS) is 14.4. The molecule has 2 atom stereocenters. The smallest absolute Gasteiger partial charge is 0.223 e. The van der Waals surface area contributed by atoms with Crippen LogP contribution in [0.15, 0.2) is 73.1 Å². The SMILES string of the molecule is C[C@H](NC(=O)C[C@](C)(O)c1ccccc1)c1ccccc1-n1cccn1. The molecule has 1 aromatic heterocycles. The number of rotatable bonds is 6. The number of nitrogens with zero attached hydrogens (tertiary/aromatic N) is 2. The lowest BCUT2D eigenvalue weighted by atomic mass is 9.92. The van der Waals surface area contributed by atoms with Crippen molar-refractivity contribution in [2.45, 2.75) is 31.9 Å². The first-order valence-corrected chi connectivity index (χ1v) is 8.63. The number of amides is 1. The fourth-order valence-corrected chi connectivity index (χ4v) is 3.06. The highest BCUT2D eigenvalue weighted by Gasteiger charge is 2.27. The molecule has 0 fully saturated rings. The number of para-hydroxylation sites is 1. The summed E-state index contributed by atoms with van der Waals surface area (Å²) in [5.74, 6) is -0.207. The van der Waals surface area contributed by atoms with E-state index in [1.165, 1.54) is 0 Å². The monoisotopic (exact) mass is 349 g/mol. The summed E-state index contributed by atoms with van der Waals surface area (Å²) in [7, 11) is 0. The van der Waals surface area contributed by atoms with Crippen LogP contribution in [-0.4, -0.2) is 20.8 Å². The maximum atomic E-state index is 12.5. The van der Waals surface area contributed by atoms with Gasteiger partial charge in [0.15, 0.2) is 0 Å². The standard InChI is InChI=1S/C21H23N3O2/c1-16(18-11-6-7-12-19(18)24-14-8-13-22-24)23-20(25)15-21(2,26)17-9-4-3-5-10-17/h3-14,16,26H,15H2,1-2H3,(H,23,25)/t16-,21-/m0/s1. The Morgan fingerprint density at radius 2 is 1.85 bits per heavy atom. The molecule has 0 saturated heterocycles. The molecule has 0 aliphatic rings. The second-order valence-electron chi connectivity index (χ2n) is 6.62. The maximum Gasteiger partial charge on any atom is 0.223 e. The summed E-state index contributed by atoms with van der Waals surface area (Å²) in [6, 6.07) is 18.7. The van der Waals surface area contributed by atoms with Crippen molar-refractivity contribution in [1.29, 1.82) is 0 Å². The average Bonchev–Trinajstić information content (AvgIpc) is 3.16. The second kappa shape index (κ2) is 7.54. The van der Waals surface area contributed by atoms with Crippen molar-refractivity contribution in [2.75, 3.05) is 0 Å². The molecular formula is C21H23N3O2. The van der Waals surface area contributed by atoms with E-state index in [-0.39, 0.29) is 18.4 Å². The lowest BCUT2D eigenvalue weighted by Gasteiger charge is -2.25. The van der Waals surface area contributed by atoms with Gasteiger partial charge in [-0.3, -0.25) is 4.79 Å². The number of aromatic nitrogens is 2. The Balaban J connectivity index is 1.73. The molecule has 0 saturated carbocycles. The van der Waals surface area contributed by atoms with Gasteiger partial charge in [0.05, 0.1) is 23.8 Å². The van der Waals surface area contributed by atoms with E-state index in [0.29, 0.717) is 0 Å². The third-order valence-electron chi connectivity index (χ3n) is 4.43. The molecule has 0 spiro atoms. The van der Waals surface area contributed by atoms with Crippen molar-refractivity contribution >= 4 is 5.91 Å². The quantitative estimate of drug-likeness (QED) is 0.717. The van der Waals surface area contributed by atoms with Crippen molar-refractivity contribution < 1.29 is 9.90 Å². The van der Waals surface area contributed by atoms with Crippen molar-refractivity contribution in [3.05, 3.63) is 84.2 Å². The number of hydrogen-bond acceptors (Lipinski definition) is 3. The Labute approximate surface area is 153 Å². The van der Waals surface area contributed by atoms with Crippen LogP contribution in [-0.2, 0) is 10.4 Å². The minimum absolute atomic E-state index is 0.00864. The molecule has 3 rings (SSSR count). The van der Waals surface area contributed by atoms with Crippen LogP contribution in [0.1, 0.15) is 37.4 Å². The molecule has 5 heteroatoms. The summed E-state index contributed by atoms with van der Waals surface area (Å²) in [6.07, 6.45) is 3.58. The van der Waals surface area contributed by atoms with E-state index in [2.05, 4.69) is 10.4 Å². The first-order chi connectivity index (χ1) is 12.5. The molecule has 0 aliphatic heterocycles. The lowest BCUT2D eigenvalue weighted by Crippen LogP contribution is -2.34. The lowest BCUT2D eigenvalue weighted by molar-refractivity contribution is -0.126. The van der Waals surface area contributed by atoms with Crippen molar-refractivity contribution in [1.82, 2.24) is 15.1 Å². The number of aliphatic hydroxyl groups is 1. The summed E-state index contributed by atoms with van der Waals surface area (Å²) < 4.78 is 1.78. The van der Waals surface area contributed by atoms with Gasteiger partial charge in [-0.05, 0) is 37.1 Å². The predicted octanol–water partition coefficient (Wildman–Crippen LogP) is 3.35. The number of carbonyl (C=O) groups is 1. The van der Waals surface area contributed by atoms with Crippen molar-refractivity contribution in [3.63, 3.8) is 0 Å². The highest BCUT2D eigenvalue weighted by atomic mass is 16.3. The third-order valence-corrected chi connectivity index (χ3v) is 4.43. The predicted molar refractivity (Wildman–Crippen MR) is 101 cm³/mol. The molecule has 0 unspecified atom stereocenters. The van der Waals surface area contributed by atoms with Crippen LogP contribution < -0.4 is 5.32 Å². The van der Waals surface area contributed by atoms with E-state index in [1.807, 2.05) is 73.8 Å². The van der Waals surface area contributed by atoms with Gasteiger partial charge < -0.3 is 10.4 Å². The maximum absolute atomic E-state index is 12.5. The van der Waals surface area contributed by atoms with Gasteiger partial charge in [-0.25, -0.2) is 4.68 Å². The van der Waals surface area contributed by atoms with Crippen LogP contribution in [0.3, 0.4) is 0 Å². The van der Waals surface area contributed by atoms with Gasteiger partial charge in [-0.1, -0.05) is 48.5 Å². The Hall–Kier alpha value is -2.92.